The summed E-state index contributed by atoms with van der Waals surface area (Å²) in [6, 6.07) is 11.6. The molecule has 0 aliphatic rings. The number of carbonyl (C=O) groups is 1. The minimum Gasteiger partial charge on any atom is -0.372 e. The van der Waals surface area contributed by atoms with Gasteiger partial charge in [-0.15, -0.1) is 0 Å². The summed E-state index contributed by atoms with van der Waals surface area (Å²) >= 11 is 2.08. The molecule has 0 aliphatic heterocycles. The van der Waals surface area contributed by atoms with Gasteiger partial charge in [0.25, 0.3) is 10.0 Å². The molecule has 0 saturated carbocycles. The van der Waals surface area contributed by atoms with Crippen molar-refractivity contribution in [2.45, 2.75) is 25.2 Å². The SMILES string of the molecule is CCCOCC(=O)Nc1cccc(S(=O)(=O)Nc2cc(C)ccc2I)c1. The number of hydrogen-bond acceptors (Lipinski definition) is 4. The minimum atomic E-state index is -3.77. The Morgan fingerprint density at radius 2 is 1.96 bits per heavy atom. The molecule has 26 heavy (non-hydrogen) atoms. The number of rotatable bonds is 8. The lowest BCUT2D eigenvalue weighted by Crippen LogP contribution is -2.19. The number of benzene rings is 2. The van der Waals surface area contributed by atoms with Crippen LogP contribution in [0.2, 0.25) is 0 Å². The van der Waals surface area contributed by atoms with E-state index in [9.17, 15) is 13.2 Å². The first-order valence-corrected chi connectivity index (χ1v) is 10.6. The first kappa shape index (κ1) is 20.7. The highest BCUT2D eigenvalue weighted by Crippen LogP contribution is 2.24. The second kappa shape index (κ2) is 9.33. The van der Waals surface area contributed by atoms with Gasteiger partial charge in [-0.3, -0.25) is 9.52 Å². The molecule has 0 aromatic heterocycles. The molecule has 0 spiro atoms. The highest BCUT2D eigenvalue weighted by Gasteiger charge is 2.16. The van der Waals surface area contributed by atoms with Gasteiger partial charge in [-0.05, 0) is 71.8 Å². The van der Waals surface area contributed by atoms with Gasteiger partial charge in [0.2, 0.25) is 5.91 Å². The number of halogens is 1. The number of sulfonamides is 1. The third-order valence-corrected chi connectivity index (χ3v) is 5.68. The zero-order valence-corrected chi connectivity index (χ0v) is 17.6. The summed E-state index contributed by atoms with van der Waals surface area (Å²) in [4.78, 5) is 11.9. The van der Waals surface area contributed by atoms with E-state index in [-0.39, 0.29) is 17.4 Å². The fraction of sp³-hybridized carbons (Fsp3) is 0.278. The largest absolute Gasteiger partial charge is 0.372 e. The smallest absolute Gasteiger partial charge is 0.262 e. The first-order valence-electron chi connectivity index (χ1n) is 8.08. The van der Waals surface area contributed by atoms with Crippen molar-refractivity contribution < 1.29 is 17.9 Å². The van der Waals surface area contributed by atoms with Crippen molar-refractivity contribution in [1.29, 1.82) is 0 Å². The van der Waals surface area contributed by atoms with Crippen molar-refractivity contribution >= 4 is 49.9 Å². The van der Waals surface area contributed by atoms with Crippen LogP contribution in [0.3, 0.4) is 0 Å². The van der Waals surface area contributed by atoms with Crippen LogP contribution in [0.15, 0.2) is 47.4 Å². The van der Waals surface area contributed by atoms with Crippen molar-refractivity contribution in [2.24, 2.45) is 0 Å². The Bertz CT molecular complexity index is 885. The van der Waals surface area contributed by atoms with Crippen molar-refractivity contribution in [3.63, 3.8) is 0 Å². The topological polar surface area (TPSA) is 84.5 Å². The molecule has 0 atom stereocenters. The van der Waals surface area contributed by atoms with Gasteiger partial charge < -0.3 is 10.1 Å². The van der Waals surface area contributed by atoms with E-state index < -0.39 is 10.0 Å². The van der Waals surface area contributed by atoms with E-state index >= 15 is 0 Å². The lowest BCUT2D eigenvalue weighted by atomic mass is 10.2. The van der Waals surface area contributed by atoms with Gasteiger partial charge in [0, 0.05) is 15.9 Å². The maximum Gasteiger partial charge on any atom is 0.262 e. The molecular formula is C18H21IN2O4S. The van der Waals surface area contributed by atoms with E-state index in [0.717, 1.165) is 15.6 Å². The summed E-state index contributed by atoms with van der Waals surface area (Å²) in [5.74, 6) is -0.325. The molecule has 0 unspecified atom stereocenters. The molecule has 2 aromatic rings. The zero-order chi connectivity index (χ0) is 19.2. The van der Waals surface area contributed by atoms with Crippen LogP contribution in [-0.4, -0.2) is 27.5 Å². The molecule has 0 bridgehead atoms. The van der Waals surface area contributed by atoms with Crippen LogP contribution in [0, 0.1) is 10.5 Å². The summed E-state index contributed by atoms with van der Waals surface area (Å²) in [6.07, 6.45) is 0.824. The Kier molecular flexibility index (Phi) is 7.42. The van der Waals surface area contributed by atoms with Crippen molar-refractivity contribution in [3.8, 4) is 0 Å². The monoisotopic (exact) mass is 488 g/mol. The third-order valence-electron chi connectivity index (χ3n) is 3.38. The van der Waals surface area contributed by atoms with Crippen LogP contribution >= 0.6 is 22.6 Å². The Hall–Kier alpha value is -1.65. The zero-order valence-electron chi connectivity index (χ0n) is 14.6. The summed E-state index contributed by atoms with van der Waals surface area (Å²) in [7, 11) is -3.77. The van der Waals surface area contributed by atoms with E-state index in [1.54, 1.807) is 18.2 Å². The molecule has 0 fully saturated rings. The number of hydrogen-bond donors (Lipinski definition) is 2. The Balaban J connectivity index is 2.15. The van der Waals surface area contributed by atoms with Crippen LogP contribution in [0.25, 0.3) is 0 Å². The van der Waals surface area contributed by atoms with E-state index in [1.165, 1.54) is 12.1 Å². The number of anilines is 2. The van der Waals surface area contributed by atoms with E-state index in [1.807, 2.05) is 26.0 Å². The number of aryl methyl sites for hydroxylation is 1. The van der Waals surface area contributed by atoms with Gasteiger partial charge in [-0.2, -0.15) is 0 Å². The van der Waals surface area contributed by atoms with Crippen LogP contribution in [0.1, 0.15) is 18.9 Å². The van der Waals surface area contributed by atoms with Gasteiger partial charge in [0.1, 0.15) is 6.61 Å². The van der Waals surface area contributed by atoms with Gasteiger partial charge in [0.05, 0.1) is 10.6 Å². The molecule has 0 heterocycles. The molecule has 0 aliphatic carbocycles. The maximum atomic E-state index is 12.7. The van der Waals surface area contributed by atoms with Gasteiger partial charge in [-0.1, -0.05) is 19.1 Å². The van der Waals surface area contributed by atoms with Gasteiger partial charge >= 0.3 is 0 Å². The average molecular weight is 488 g/mol. The third kappa shape index (κ3) is 5.96. The highest BCUT2D eigenvalue weighted by atomic mass is 127. The highest BCUT2D eigenvalue weighted by molar-refractivity contribution is 14.1. The maximum absolute atomic E-state index is 12.7. The second-order valence-corrected chi connectivity index (χ2v) is 8.56. The number of ether oxygens (including phenoxy) is 1. The Morgan fingerprint density at radius 3 is 2.69 bits per heavy atom. The Labute approximate surface area is 167 Å². The van der Waals surface area contributed by atoms with Crippen LogP contribution in [0.4, 0.5) is 11.4 Å². The first-order chi connectivity index (χ1) is 12.3. The van der Waals surface area contributed by atoms with E-state index in [4.69, 9.17) is 4.74 Å². The predicted molar refractivity (Wildman–Crippen MR) is 111 cm³/mol. The molecule has 0 radical (unpaired) electrons. The van der Waals surface area contributed by atoms with Crippen molar-refractivity contribution in [1.82, 2.24) is 0 Å². The molecule has 1 amide bonds. The summed E-state index contributed by atoms with van der Waals surface area (Å²) in [5, 5.41) is 2.64. The number of carbonyl (C=O) groups excluding carboxylic acids is 1. The molecule has 0 saturated heterocycles. The summed E-state index contributed by atoms with van der Waals surface area (Å²) in [5.41, 5.74) is 1.88. The van der Waals surface area contributed by atoms with Crippen molar-refractivity contribution in [2.75, 3.05) is 23.3 Å². The normalized spacial score (nSPS) is 11.2. The molecular weight excluding hydrogens is 467 g/mol. The van der Waals surface area contributed by atoms with Gasteiger partial charge in [0.15, 0.2) is 0 Å². The lowest BCUT2D eigenvalue weighted by molar-refractivity contribution is -0.120. The number of nitrogens with one attached hydrogen (secondary N) is 2. The van der Waals surface area contributed by atoms with Crippen molar-refractivity contribution in [3.05, 3.63) is 51.6 Å². The average Bonchev–Trinajstić information content (AvgIpc) is 2.58. The lowest BCUT2D eigenvalue weighted by Gasteiger charge is -2.12. The molecule has 140 valence electrons. The van der Waals surface area contributed by atoms with E-state index in [2.05, 4.69) is 32.6 Å². The number of amides is 1. The van der Waals surface area contributed by atoms with Crippen LogP contribution in [-0.2, 0) is 19.6 Å². The second-order valence-electron chi connectivity index (χ2n) is 5.72. The quantitative estimate of drug-likeness (QED) is 0.438. The molecule has 6 nitrogen and oxygen atoms in total. The summed E-state index contributed by atoms with van der Waals surface area (Å²) in [6.45, 7) is 4.28. The van der Waals surface area contributed by atoms with E-state index in [0.29, 0.717) is 18.0 Å². The predicted octanol–water partition coefficient (Wildman–Crippen LogP) is 3.77. The van der Waals surface area contributed by atoms with Gasteiger partial charge in [-0.25, -0.2) is 8.42 Å². The molecule has 2 aromatic carbocycles. The fourth-order valence-corrected chi connectivity index (χ4v) is 3.94. The van der Waals surface area contributed by atoms with Crippen LogP contribution < -0.4 is 10.0 Å². The molecule has 8 heteroatoms. The molecule has 2 N–H and O–H groups in total. The van der Waals surface area contributed by atoms with Crippen LogP contribution in [0.5, 0.6) is 0 Å². The molecule has 2 rings (SSSR count). The minimum absolute atomic E-state index is 0.0649. The standard InChI is InChI=1S/C18H21IN2O4S/c1-3-9-25-12-18(22)20-14-5-4-6-15(11-14)26(23,24)21-17-10-13(2)7-8-16(17)19/h4-8,10-11,21H,3,9,12H2,1-2H3,(H,20,22). The summed E-state index contributed by atoms with van der Waals surface area (Å²) < 4.78 is 33.9. The fourth-order valence-electron chi connectivity index (χ4n) is 2.17. The Morgan fingerprint density at radius 1 is 1.19 bits per heavy atom.